The van der Waals surface area contributed by atoms with Crippen LogP contribution in [-0.2, 0) is 16.6 Å². The average Bonchev–Trinajstić information content (AvgIpc) is 3.03. The molecule has 1 aliphatic heterocycles. The van der Waals surface area contributed by atoms with E-state index in [0.29, 0.717) is 12.8 Å². The fraction of sp³-hybridized carbons (Fsp3) is 0.545. The molecule has 1 aromatic heterocycles. The van der Waals surface area contributed by atoms with Crippen LogP contribution in [0.2, 0.25) is 0 Å². The van der Waals surface area contributed by atoms with Crippen LogP contribution in [0.4, 0.5) is 11.4 Å². The second-order valence-electron chi connectivity index (χ2n) is 8.66. The SMILES string of the molecule is Cc1nc(C(C)(C)C)oc1CCC(=O)Nc1ccc(N2CCN(C)CC2)cc1. The van der Waals surface area contributed by atoms with Gasteiger partial charge in [0, 0.05) is 55.8 Å². The van der Waals surface area contributed by atoms with E-state index in [9.17, 15) is 4.79 Å². The lowest BCUT2D eigenvalue weighted by Gasteiger charge is -2.34. The third-order valence-corrected chi connectivity index (χ3v) is 5.13. The first-order valence-corrected chi connectivity index (χ1v) is 10.0. The van der Waals surface area contributed by atoms with Crippen LogP contribution in [0, 0.1) is 6.92 Å². The first kappa shape index (κ1) is 20.4. The molecule has 0 aliphatic carbocycles. The van der Waals surface area contributed by atoms with Crippen LogP contribution < -0.4 is 10.2 Å². The van der Waals surface area contributed by atoms with Crippen molar-refractivity contribution in [3.63, 3.8) is 0 Å². The number of likely N-dealkylation sites (N-methyl/N-ethyl adjacent to an activating group) is 1. The molecule has 0 saturated carbocycles. The van der Waals surface area contributed by atoms with Crippen LogP contribution >= 0.6 is 0 Å². The number of aromatic nitrogens is 1. The zero-order valence-corrected chi connectivity index (χ0v) is 17.7. The molecule has 3 rings (SSSR count). The van der Waals surface area contributed by atoms with Gasteiger partial charge in [-0.25, -0.2) is 4.98 Å². The summed E-state index contributed by atoms with van der Waals surface area (Å²) in [6.07, 6.45) is 0.931. The molecular formula is C22H32N4O2. The lowest BCUT2D eigenvalue weighted by Crippen LogP contribution is -2.44. The summed E-state index contributed by atoms with van der Waals surface area (Å²) in [5, 5.41) is 2.98. The summed E-state index contributed by atoms with van der Waals surface area (Å²) in [6, 6.07) is 8.11. The van der Waals surface area contributed by atoms with E-state index in [-0.39, 0.29) is 11.3 Å². The normalized spacial score (nSPS) is 15.7. The van der Waals surface area contributed by atoms with Crippen molar-refractivity contribution in [1.29, 1.82) is 0 Å². The molecule has 1 aliphatic rings. The van der Waals surface area contributed by atoms with Crippen molar-refractivity contribution in [2.24, 2.45) is 0 Å². The quantitative estimate of drug-likeness (QED) is 0.853. The van der Waals surface area contributed by atoms with Crippen LogP contribution in [0.25, 0.3) is 0 Å². The summed E-state index contributed by atoms with van der Waals surface area (Å²) in [5.41, 5.74) is 2.77. The van der Waals surface area contributed by atoms with E-state index in [1.165, 1.54) is 5.69 Å². The second-order valence-corrected chi connectivity index (χ2v) is 8.66. The van der Waals surface area contributed by atoms with Gasteiger partial charge >= 0.3 is 0 Å². The Labute approximate surface area is 167 Å². The third-order valence-electron chi connectivity index (χ3n) is 5.13. The second kappa shape index (κ2) is 8.35. The molecule has 6 nitrogen and oxygen atoms in total. The van der Waals surface area contributed by atoms with Gasteiger partial charge < -0.3 is 19.5 Å². The molecule has 0 bridgehead atoms. The number of benzene rings is 1. The molecule has 2 aromatic rings. The van der Waals surface area contributed by atoms with E-state index >= 15 is 0 Å². The highest BCUT2D eigenvalue weighted by molar-refractivity contribution is 5.91. The van der Waals surface area contributed by atoms with Gasteiger partial charge in [0.1, 0.15) is 5.76 Å². The molecule has 1 N–H and O–H groups in total. The van der Waals surface area contributed by atoms with Crippen LogP contribution in [-0.4, -0.2) is 49.0 Å². The Morgan fingerprint density at radius 2 is 1.79 bits per heavy atom. The average molecular weight is 385 g/mol. The maximum absolute atomic E-state index is 12.3. The minimum absolute atomic E-state index is 0.0135. The molecule has 0 spiro atoms. The van der Waals surface area contributed by atoms with Crippen LogP contribution in [0.3, 0.4) is 0 Å². The zero-order valence-electron chi connectivity index (χ0n) is 17.7. The third kappa shape index (κ3) is 5.13. The molecule has 0 unspecified atom stereocenters. The monoisotopic (exact) mass is 384 g/mol. The minimum Gasteiger partial charge on any atom is -0.445 e. The molecule has 6 heteroatoms. The number of amides is 1. The fourth-order valence-electron chi connectivity index (χ4n) is 3.25. The van der Waals surface area contributed by atoms with Crippen molar-refractivity contribution in [3.8, 4) is 0 Å². The number of nitrogens with one attached hydrogen (secondary N) is 1. The molecule has 1 aromatic carbocycles. The number of carbonyl (C=O) groups is 1. The summed E-state index contributed by atoms with van der Waals surface area (Å²) < 4.78 is 5.87. The number of oxazole rings is 1. The summed E-state index contributed by atoms with van der Waals surface area (Å²) >= 11 is 0. The molecule has 0 radical (unpaired) electrons. The lowest BCUT2D eigenvalue weighted by molar-refractivity contribution is -0.116. The van der Waals surface area contributed by atoms with Gasteiger partial charge in [-0.15, -0.1) is 0 Å². The summed E-state index contributed by atoms with van der Waals surface area (Å²) in [4.78, 5) is 21.6. The van der Waals surface area contributed by atoms with E-state index < -0.39 is 0 Å². The van der Waals surface area contributed by atoms with Crippen LogP contribution in [0.5, 0.6) is 0 Å². The van der Waals surface area contributed by atoms with Gasteiger partial charge in [0.15, 0.2) is 5.89 Å². The maximum atomic E-state index is 12.3. The van der Waals surface area contributed by atoms with Crippen molar-refractivity contribution < 1.29 is 9.21 Å². The fourth-order valence-corrected chi connectivity index (χ4v) is 3.25. The summed E-state index contributed by atoms with van der Waals surface area (Å²) in [6.45, 7) is 12.4. The van der Waals surface area contributed by atoms with E-state index in [2.05, 4.69) is 60.1 Å². The Bertz CT molecular complexity index is 797. The van der Waals surface area contributed by atoms with E-state index in [1.807, 2.05) is 19.1 Å². The van der Waals surface area contributed by atoms with Gasteiger partial charge in [-0.05, 0) is 38.2 Å². The lowest BCUT2D eigenvalue weighted by atomic mass is 9.97. The number of piperazine rings is 1. The Morgan fingerprint density at radius 1 is 1.14 bits per heavy atom. The number of hydrogen-bond donors (Lipinski definition) is 1. The van der Waals surface area contributed by atoms with Gasteiger partial charge in [0.05, 0.1) is 5.69 Å². The Morgan fingerprint density at radius 3 is 2.36 bits per heavy atom. The number of anilines is 2. The van der Waals surface area contributed by atoms with Crippen molar-refractivity contribution >= 4 is 17.3 Å². The van der Waals surface area contributed by atoms with Gasteiger partial charge in [-0.3, -0.25) is 4.79 Å². The predicted octanol–water partition coefficient (Wildman–Crippen LogP) is 3.60. The highest BCUT2D eigenvalue weighted by Crippen LogP contribution is 2.25. The molecular weight excluding hydrogens is 352 g/mol. The molecule has 28 heavy (non-hydrogen) atoms. The standard InChI is InChI=1S/C22H32N4O2/c1-16-19(28-21(23-16)22(2,3)4)10-11-20(27)24-17-6-8-18(9-7-17)26-14-12-25(5)13-15-26/h6-9H,10-15H2,1-5H3,(H,24,27). The molecule has 0 atom stereocenters. The zero-order chi connectivity index (χ0) is 20.3. The first-order chi connectivity index (χ1) is 13.2. The first-order valence-electron chi connectivity index (χ1n) is 10.0. The van der Waals surface area contributed by atoms with Crippen LogP contribution in [0.15, 0.2) is 28.7 Å². The number of hydrogen-bond acceptors (Lipinski definition) is 5. The number of nitrogens with zero attached hydrogens (tertiary/aromatic N) is 3. The highest BCUT2D eigenvalue weighted by Gasteiger charge is 2.22. The molecule has 152 valence electrons. The molecule has 1 saturated heterocycles. The summed E-state index contributed by atoms with van der Waals surface area (Å²) in [7, 11) is 2.15. The largest absolute Gasteiger partial charge is 0.445 e. The number of aryl methyl sites for hydroxylation is 2. The van der Waals surface area contributed by atoms with Gasteiger partial charge in [0.2, 0.25) is 5.91 Å². The number of carbonyl (C=O) groups excluding carboxylic acids is 1. The van der Waals surface area contributed by atoms with E-state index in [4.69, 9.17) is 4.42 Å². The van der Waals surface area contributed by atoms with E-state index in [0.717, 1.165) is 49.2 Å². The number of rotatable bonds is 5. The van der Waals surface area contributed by atoms with Gasteiger partial charge in [0.25, 0.3) is 0 Å². The topological polar surface area (TPSA) is 61.6 Å². The molecule has 2 heterocycles. The molecule has 1 fully saturated rings. The minimum atomic E-state index is -0.128. The van der Waals surface area contributed by atoms with Crippen molar-refractivity contribution in [2.75, 3.05) is 43.4 Å². The van der Waals surface area contributed by atoms with Crippen molar-refractivity contribution in [3.05, 3.63) is 41.6 Å². The van der Waals surface area contributed by atoms with Crippen LogP contribution in [0.1, 0.15) is 44.5 Å². The van der Waals surface area contributed by atoms with Gasteiger partial charge in [-0.2, -0.15) is 0 Å². The summed E-state index contributed by atoms with van der Waals surface area (Å²) in [5.74, 6) is 1.51. The van der Waals surface area contributed by atoms with Gasteiger partial charge in [-0.1, -0.05) is 20.8 Å². The highest BCUT2D eigenvalue weighted by atomic mass is 16.4. The predicted molar refractivity (Wildman–Crippen MR) is 113 cm³/mol. The molecule has 1 amide bonds. The Hall–Kier alpha value is -2.34. The Balaban J connectivity index is 1.52. The van der Waals surface area contributed by atoms with Crippen molar-refractivity contribution in [2.45, 2.75) is 46.0 Å². The Kier molecular flexibility index (Phi) is 6.08. The maximum Gasteiger partial charge on any atom is 0.224 e. The smallest absolute Gasteiger partial charge is 0.224 e. The van der Waals surface area contributed by atoms with Crippen molar-refractivity contribution in [1.82, 2.24) is 9.88 Å². The van der Waals surface area contributed by atoms with E-state index in [1.54, 1.807) is 0 Å².